The van der Waals surface area contributed by atoms with Gasteiger partial charge in [-0.3, -0.25) is 4.79 Å². The molecule has 0 unspecified atom stereocenters. The highest BCUT2D eigenvalue weighted by Crippen LogP contribution is 2.33. The molecule has 1 aromatic heterocycles. The van der Waals surface area contributed by atoms with E-state index in [1.54, 1.807) is 31.3 Å². The summed E-state index contributed by atoms with van der Waals surface area (Å²) in [6.45, 7) is 1.29. The van der Waals surface area contributed by atoms with Crippen molar-refractivity contribution in [3.8, 4) is 11.5 Å². The summed E-state index contributed by atoms with van der Waals surface area (Å²) in [5.41, 5.74) is 1.04. The van der Waals surface area contributed by atoms with Crippen LogP contribution >= 0.6 is 11.8 Å². The second-order valence-electron chi connectivity index (χ2n) is 6.88. The van der Waals surface area contributed by atoms with E-state index < -0.39 is 12.0 Å². The van der Waals surface area contributed by atoms with Gasteiger partial charge in [-0.05, 0) is 23.8 Å². The van der Waals surface area contributed by atoms with Crippen molar-refractivity contribution < 1.29 is 27.4 Å². The number of para-hydroxylation sites is 1. The van der Waals surface area contributed by atoms with Crippen LogP contribution in [0.4, 0.5) is 13.2 Å². The van der Waals surface area contributed by atoms with Crippen molar-refractivity contribution in [1.82, 2.24) is 14.9 Å². The summed E-state index contributed by atoms with van der Waals surface area (Å²) in [7, 11) is 1.64. The molecule has 4 rings (SSSR count). The van der Waals surface area contributed by atoms with E-state index in [1.807, 2.05) is 12.1 Å². The third-order valence-corrected chi connectivity index (χ3v) is 5.58. The third kappa shape index (κ3) is 4.84. The molecule has 31 heavy (non-hydrogen) atoms. The fourth-order valence-electron chi connectivity index (χ4n) is 3.07. The number of halogens is 3. The zero-order valence-corrected chi connectivity index (χ0v) is 17.3. The van der Waals surface area contributed by atoms with Crippen LogP contribution in [0.3, 0.4) is 0 Å². The minimum absolute atomic E-state index is 0.0562. The van der Waals surface area contributed by atoms with E-state index in [0.717, 1.165) is 17.3 Å². The first-order valence-electron chi connectivity index (χ1n) is 9.40. The molecule has 1 aliphatic rings. The van der Waals surface area contributed by atoms with Crippen LogP contribution in [0.1, 0.15) is 11.4 Å². The van der Waals surface area contributed by atoms with Crippen LogP contribution in [0, 0.1) is 0 Å². The molecule has 0 fully saturated rings. The lowest BCUT2D eigenvalue weighted by atomic mass is 10.2. The van der Waals surface area contributed by atoms with Gasteiger partial charge in [0.1, 0.15) is 18.2 Å². The Morgan fingerprint density at radius 3 is 2.61 bits per heavy atom. The van der Waals surface area contributed by atoms with Gasteiger partial charge in [0.25, 0.3) is 0 Å². The number of alkyl halides is 3. The third-order valence-electron chi connectivity index (χ3n) is 4.61. The first-order chi connectivity index (χ1) is 14.8. The number of ether oxygens (including phenoxy) is 2. The molecule has 2 aromatic carbocycles. The van der Waals surface area contributed by atoms with E-state index in [-0.39, 0.29) is 22.2 Å². The van der Waals surface area contributed by atoms with Crippen molar-refractivity contribution in [2.24, 2.45) is 0 Å². The van der Waals surface area contributed by atoms with Gasteiger partial charge in [-0.15, -0.1) is 0 Å². The van der Waals surface area contributed by atoms with E-state index in [4.69, 9.17) is 9.47 Å². The number of nitrogens with zero attached hydrogens (tertiary/aromatic N) is 3. The Morgan fingerprint density at radius 1 is 1.10 bits per heavy atom. The zero-order valence-electron chi connectivity index (χ0n) is 16.5. The molecule has 0 N–H and O–H groups in total. The number of hydrogen-bond acceptors (Lipinski definition) is 6. The first kappa shape index (κ1) is 21.2. The number of benzene rings is 2. The van der Waals surface area contributed by atoms with Gasteiger partial charge in [0.2, 0.25) is 11.7 Å². The van der Waals surface area contributed by atoms with Crippen LogP contribution in [0.25, 0.3) is 10.9 Å². The summed E-state index contributed by atoms with van der Waals surface area (Å²) < 4.78 is 50.5. The number of thioether (sulfide) groups is 1. The molecule has 1 amide bonds. The van der Waals surface area contributed by atoms with E-state index in [9.17, 15) is 18.0 Å². The van der Waals surface area contributed by atoms with Crippen molar-refractivity contribution >= 4 is 28.6 Å². The van der Waals surface area contributed by atoms with Gasteiger partial charge in [-0.25, -0.2) is 9.97 Å². The largest absolute Gasteiger partial charge is 0.486 e. The van der Waals surface area contributed by atoms with Gasteiger partial charge >= 0.3 is 6.18 Å². The Bertz CT molecular complexity index is 1120. The van der Waals surface area contributed by atoms with E-state index in [0.29, 0.717) is 36.6 Å². The molecule has 0 bridgehead atoms. The maximum absolute atomic E-state index is 13.2. The lowest BCUT2D eigenvalue weighted by molar-refractivity contribution is -0.145. The first-order valence-corrected chi connectivity index (χ1v) is 10.4. The summed E-state index contributed by atoms with van der Waals surface area (Å²) >= 11 is 0.963. The second-order valence-corrected chi connectivity index (χ2v) is 7.85. The van der Waals surface area contributed by atoms with Gasteiger partial charge in [-0.2, -0.15) is 13.2 Å². The highest BCUT2D eigenvalue weighted by molar-refractivity contribution is 8.00. The minimum atomic E-state index is -4.67. The molecule has 1 aliphatic heterocycles. The zero-order chi connectivity index (χ0) is 22.0. The van der Waals surface area contributed by atoms with Crippen molar-refractivity contribution in [3.05, 3.63) is 53.9 Å². The van der Waals surface area contributed by atoms with Gasteiger partial charge in [0, 0.05) is 19.0 Å². The fourth-order valence-corrected chi connectivity index (χ4v) is 4.03. The molecular formula is C21H18F3N3O3S. The molecule has 0 atom stereocenters. The average Bonchev–Trinajstić information content (AvgIpc) is 2.76. The highest BCUT2D eigenvalue weighted by atomic mass is 32.2. The van der Waals surface area contributed by atoms with E-state index in [1.165, 1.54) is 11.0 Å². The molecular weight excluding hydrogens is 431 g/mol. The molecule has 0 aliphatic carbocycles. The normalized spacial score (nSPS) is 13.3. The van der Waals surface area contributed by atoms with Crippen molar-refractivity contribution in [2.75, 3.05) is 26.0 Å². The Balaban J connectivity index is 1.46. The van der Waals surface area contributed by atoms with Crippen molar-refractivity contribution in [1.29, 1.82) is 0 Å². The van der Waals surface area contributed by atoms with Gasteiger partial charge in [0.05, 0.1) is 11.3 Å². The monoisotopic (exact) mass is 449 g/mol. The number of carbonyl (C=O) groups excluding carboxylic acids is 1. The Hall–Kier alpha value is -3.01. The molecule has 0 saturated carbocycles. The highest BCUT2D eigenvalue weighted by Gasteiger charge is 2.35. The van der Waals surface area contributed by atoms with Crippen LogP contribution in [-0.2, 0) is 17.5 Å². The Labute approximate surface area is 180 Å². The summed E-state index contributed by atoms with van der Waals surface area (Å²) in [6, 6.07) is 11.9. The summed E-state index contributed by atoms with van der Waals surface area (Å²) in [5, 5.41) is 0.599. The maximum Gasteiger partial charge on any atom is 0.451 e. The molecule has 2 heterocycles. The molecule has 162 valence electrons. The van der Waals surface area contributed by atoms with Crippen LogP contribution < -0.4 is 9.47 Å². The van der Waals surface area contributed by atoms with Crippen LogP contribution in [0.15, 0.2) is 47.5 Å². The predicted molar refractivity (Wildman–Crippen MR) is 109 cm³/mol. The predicted octanol–water partition coefficient (Wildman–Crippen LogP) is 4.17. The van der Waals surface area contributed by atoms with E-state index >= 15 is 0 Å². The Morgan fingerprint density at radius 2 is 1.84 bits per heavy atom. The lowest BCUT2D eigenvalue weighted by Crippen LogP contribution is -2.28. The summed E-state index contributed by atoms with van der Waals surface area (Å²) in [5.74, 6) is -0.219. The smallest absolute Gasteiger partial charge is 0.451 e. The molecule has 3 aromatic rings. The Kier molecular flexibility index (Phi) is 5.90. The quantitative estimate of drug-likeness (QED) is 0.430. The van der Waals surface area contributed by atoms with Crippen LogP contribution in [0.5, 0.6) is 11.5 Å². The van der Waals surface area contributed by atoms with Crippen molar-refractivity contribution in [2.45, 2.75) is 17.7 Å². The fraction of sp³-hybridized carbons (Fsp3) is 0.286. The van der Waals surface area contributed by atoms with Crippen molar-refractivity contribution in [3.63, 3.8) is 0 Å². The minimum Gasteiger partial charge on any atom is -0.486 e. The molecule has 0 spiro atoms. The van der Waals surface area contributed by atoms with E-state index in [2.05, 4.69) is 9.97 Å². The van der Waals surface area contributed by atoms with Gasteiger partial charge in [0.15, 0.2) is 11.5 Å². The summed E-state index contributed by atoms with van der Waals surface area (Å²) in [6.07, 6.45) is -4.67. The average molecular weight is 449 g/mol. The number of rotatable bonds is 5. The van der Waals surface area contributed by atoms with Gasteiger partial charge < -0.3 is 14.4 Å². The molecule has 10 heteroatoms. The summed E-state index contributed by atoms with van der Waals surface area (Å²) in [4.78, 5) is 21.4. The molecule has 0 saturated heterocycles. The maximum atomic E-state index is 13.2. The SMILES string of the molecule is CN(Cc1ccc2c(c1)OCCO2)C(=O)CSc1nc(C(F)(F)F)nc2ccccc12. The van der Waals surface area contributed by atoms with Gasteiger partial charge in [-0.1, -0.05) is 36.0 Å². The number of fused-ring (bicyclic) bond motifs is 2. The standard InChI is InChI=1S/C21H18F3N3O3S/c1-27(11-13-6-7-16-17(10-13)30-9-8-29-16)18(28)12-31-19-14-4-2-3-5-15(14)25-20(26-19)21(22,23)24/h2-7,10H,8-9,11-12H2,1H3. The number of hydrogen-bond donors (Lipinski definition) is 0. The lowest BCUT2D eigenvalue weighted by Gasteiger charge is -2.21. The number of aromatic nitrogens is 2. The topological polar surface area (TPSA) is 64.6 Å². The molecule has 0 radical (unpaired) electrons. The second kappa shape index (κ2) is 8.62. The van der Waals surface area contributed by atoms with Crippen LogP contribution in [-0.4, -0.2) is 46.8 Å². The van der Waals surface area contributed by atoms with Crippen LogP contribution in [0.2, 0.25) is 0 Å². The number of carbonyl (C=O) groups is 1. The molecule has 6 nitrogen and oxygen atoms in total. The number of amides is 1.